The lowest BCUT2D eigenvalue weighted by Gasteiger charge is -2.55. The summed E-state index contributed by atoms with van der Waals surface area (Å²) in [5.74, 6) is 0. The molecule has 0 aliphatic heterocycles. The molecule has 0 aliphatic rings. The van der Waals surface area contributed by atoms with Gasteiger partial charge in [0.05, 0.1) is 22.8 Å². The van der Waals surface area contributed by atoms with Crippen LogP contribution in [0.15, 0.2) is 0 Å². The second-order valence-corrected chi connectivity index (χ2v) is 48.3. The fourth-order valence-corrected chi connectivity index (χ4v) is 107. The lowest BCUT2D eigenvalue weighted by Crippen LogP contribution is -2.83. The van der Waals surface area contributed by atoms with Gasteiger partial charge in [0.2, 0.25) is 0 Å². The van der Waals surface area contributed by atoms with E-state index in [1.165, 1.54) is 0 Å². The van der Waals surface area contributed by atoms with Gasteiger partial charge in [0.15, 0.2) is 6.87 Å². The topological polar surface area (TPSA) is 46.5 Å². The van der Waals surface area contributed by atoms with E-state index in [2.05, 4.69) is 58.9 Å². The predicted octanol–water partition coefficient (Wildman–Crippen LogP) is 3.58. The quantitative estimate of drug-likeness (QED) is 0.620. The summed E-state index contributed by atoms with van der Waals surface area (Å²) in [5, 5.41) is 0. The standard InChI is InChI=1S/C9H29O3PSi4/c1-14(2,3)17(12-13(10)11,15(4,5)6)16(7,8)9/h13H,1-9H3,(H,10,11). The van der Waals surface area contributed by atoms with Crippen molar-refractivity contribution in [2.24, 2.45) is 0 Å². The van der Waals surface area contributed by atoms with Crippen molar-refractivity contribution in [2.45, 2.75) is 58.9 Å². The first kappa shape index (κ1) is 18.0. The van der Waals surface area contributed by atoms with E-state index in [1.807, 2.05) is 0 Å². The van der Waals surface area contributed by atoms with Gasteiger partial charge in [-0.2, -0.15) is 0 Å². The van der Waals surface area contributed by atoms with Gasteiger partial charge in [-0.3, -0.25) is 4.57 Å². The zero-order valence-corrected chi connectivity index (χ0v) is 17.8. The highest BCUT2D eigenvalue weighted by Gasteiger charge is 2.64. The first-order valence-electron chi connectivity index (χ1n) is 6.09. The monoisotopic (exact) mass is 328 g/mol. The summed E-state index contributed by atoms with van der Waals surface area (Å²) in [6.45, 7) is 18.9. The second-order valence-electron chi connectivity index (χ2n) is 7.80. The Bertz CT molecular complexity index is 265. The molecule has 104 valence electrons. The van der Waals surface area contributed by atoms with Gasteiger partial charge in [0.1, 0.15) is 0 Å². The fourth-order valence-electron chi connectivity index (χ4n) is 3.97. The first-order valence-corrected chi connectivity index (χ1v) is 22.8. The van der Waals surface area contributed by atoms with Gasteiger partial charge < -0.3 is 9.11 Å². The van der Waals surface area contributed by atoms with Crippen LogP contribution >= 0.6 is 8.25 Å². The van der Waals surface area contributed by atoms with Crippen LogP contribution in [0.4, 0.5) is 0 Å². The van der Waals surface area contributed by atoms with Crippen molar-refractivity contribution in [3.8, 4) is 0 Å². The molecular weight excluding hydrogens is 299 g/mol. The Morgan fingerprint density at radius 3 is 1.06 bits per heavy atom. The number of hydrogen-bond donors (Lipinski definition) is 1. The van der Waals surface area contributed by atoms with Crippen LogP contribution in [-0.2, 0) is 8.78 Å². The molecular formula is C9H29O3PSi4. The van der Waals surface area contributed by atoms with Crippen LogP contribution < -0.4 is 0 Å². The Balaban J connectivity index is 6.02. The van der Waals surface area contributed by atoms with Gasteiger partial charge in [0, 0.05) is 0 Å². The van der Waals surface area contributed by atoms with E-state index in [1.54, 1.807) is 0 Å². The molecule has 1 unspecified atom stereocenters. The van der Waals surface area contributed by atoms with Crippen LogP contribution in [-0.4, -0.2) is 34.5 Å². The average molecular weight is 329 g/mol. The molecule has 0 spiro atoms. The number of hydrogen-bond acceptors (Lipinski definition) is 2. The van der Waals surface area contributed by atoms with Crippen LogP contribution in [0.25, 0.3) is 0 Å². The summed E-state index contributed by atoms with van der Waals surface area (Å²) in [6.07, 6.45) is 0. The van der Waals surface area contributed by atoms with E-state index in [4.69, 9.17) is 4.21 Å². The Morgan fingerprint density at radius 1 is 0.765 bits per heavy atom. The third-order valence-corrected chi connectivity index (χ3v) is 73.9. The minimum Gasteiger partial charge on any atom is -0.362 e. The van der Waals surface area contributed by atoms with E-state index >= 15 is 0 Å². The van der Waals surface area contributed by atoms with E-state index in [0.29, 0.717) is 0 Å². The normalized spacial score (nSPS) is 17.1. The lowest BCUT2D eigenvalue weighted by atomic mass is 11.8. The third kappa shape index (κ3) is 3.52. The van der Waals surface area contributed by atoms with Crippen molar-refractivity contribution in [1.29, 1.82) is 0 Å². The molecule has 0 aromatic heterocycles. The largest absolute Gasteiger partial charge is 0.362 e. The first-order chi connectivity index (χ1) is 7.17. The maximum absolute atomic E-state index is 11.4. The maximum Gasteiger partial charge on any atom is 0.306 e. The van der Waals surface area contributed by atoms with Gasteiger partial charge >= 0.3 is 8.25 Å². The van der Waals surface area contributed by atoms with E-state index in [9.17, 15) is 9.46 Å². The van der Waals surface area contributed by atoms with E-state index in [0.717, 1.165) is 0 Å². The summed E-state index contributed by atoms with van der Waals surface area (Å²) in [6, 6.07) is 0. The molecule has 0 aliphatic carbocycles. The zero-order chi connectivity index (χ0) is 14.3. The third-order valence-electron chi connectivity index (χ3n) is 3.41. The molecule has 1 atom stereocenters. The summed E-state index contributed by atoms with van der Waals surface area (Å²) in [7, 11) is -7.52. The van der Waals surface area contributed by atoms with Crippen LogP contribution in [0.2, 0.25) is 58.9 Å². The molecule has 0 saturated carbocycles. The highest BCUT2D eigenvalue weighted by atomic mass is 31.1. The Hall–Kier alpha value is 1.02. The van der Waals surface area contributed by atoms with Gasteiger partial charge in [-0.05, 0) is 0 Å². The molecule has 3 nitrogen and oxygen atoms in total. The summed E-state index contributed by atoms with van der Waals surface area (Å²) < 4.78 is 17.4. The Kier molecular flexibility index (Phi) is 5.50. The molecule has 0 fully saturated rings. The Morgan fingerprint density at radius 2 is 1.00 bits per heavy atom. The minimum absolute atomic E-state index is 1.56. The van der Waals surface area contributed by atoms with Crippen LogP contribution in [0.3, 0.4) is 0 Å². The molecule has 17 heavy (non-hydrogen) atoms. The highest BCUT2D eigenvalue weighted by molar-refractivity contribution is 7.88. The van der Waals surface area contributed by atoms with Crippen molar-refractivity contribution < 1.29 is 13.7 Å². The van der Waals surface area contributed by atoms with Crippen LogP contribution in [0, 0.1) is 0 Å². The van der Waals surface area contributed by atoms with Crippen molar-refractivity contribution in [1.82, 2.24) is 0 Å². The summed E-state index contributed by atoms with van der Waals surface area (Å²) in [5.41, 5.74) is 0. The van der Waals surface area contributed by atoms with Crippen molar-refractivity contribution >= 4 is 37.9 Å². The zero-order valence-electron chi connectivity index (χ0n) is 12.8. The van der Waals surface area contributed by atoms with Crippen LogP contribution in [0.1, 0.15) is 0 Å². The van der Waals surface area contributed by atoms with Crippen molar-refractivity contribution in [3.63, 3.8) is 0 Å². The number of rotatable bonds is 5. The summed E-state index contributed by atoms with van der Waals surface area (Å²) in [4.78, 5) is 9.40. The van der Waals surface area contributed by atoms with Gasteiger partial charge in [-0.25, -0.2) is 0 Å². The molecule has 0 bridgehead atoms. The van der Waals surface area contributed by atoms with Crippen LogP contribution in [0.5, 0.6) is 0 Å². The second kappa shape index (κ2) is 5.19. The Labute approximate surface area is 110 Å². The molecule has 1 N–H and O–H groups in total. The average Bonchev–Trinajstić information content (AvgIpc) is 1.91. The molecule has 0 saturated heterocycles. The molecule has 8 heteroatoms. The van der Waals surface area contributed by atoms with Crippen molar-refractivity contribution in [2.75, 3.05) is 0 Å². The van der Waals surface area contributed by atoms with Crippen molar-refractivity contribution in [3.05, 3.63) is 0 Å². The predicted molar refractivity (Wildman–Crippen MR) is 88.1 cm³/mol. The summed E-state index contributed by atoms with van der Waals surface area (Å²) >= 11 is 0. The fraction of sp³-hybridized carbons (Fsp3) is 1.00. The molecule has 0 aromatic rings. The van der Waals surface area contributed by atoms with Gasteiger partial charge in [-0.1, -0.05) is 58.9 Å². The molecule has 0 heterocycles. The molecule has 0 aromatic carbocycles. The molecule has 0 radical (unpaired) electrons. The highest BCUT2D eigenvalue weighted by Crippen LogP contribution is 2.42. The SMILES string of the molecule is C[Si](C)(C)[Si](O[PH](=O)O)([Si](C)(C)C)[Si](C)(C)C. The smallest absolute Gasteiger partial charge is 0.306 e. The van der Waals surface area contributed by atoms with E-state index < -0.39 is 37.9 Å². The molecule has 0 rings (SSSR count). The molecule has 0 amide bonds. The van der Waals surface area contributed by atoms with E-state index in [-0.39, 0.29) is 0 Å². The maximum atomic E-state index is 11.4. The van der Waals surface area contributed by atoms with Gasteiger partial charge in [0.25, 0.3) is 0 Å². The van der Waals surface area contributed by atoms with Gasteiger partial charge in [-0.15, -0.1) is 0 Å². The minimum atomic E-state index is -2.82. The lowest BCUT2D eigenvalue weighted by molar-refractivity contribution is 0.417.